The van der Waals surface area contributed by atoms with E-state index >= 15 is 0 Å². The zero-order valence-electron chi connectivity index (χ0n) is 14.7. The Morgan fingerprint density at radius 1 is 1.28 bits per heavy atom. The van der Waals surface area contributed by atoms with Crippen LogP contribution in [0.2, 0.25) is 0 Å². The molecule has 1 aromatic carbocycles. The highest BCUT2D eigenvalue weighted by Gasteiger charge is 2.31. The molecule has 0 spiro atoms. The molecule has 0 saturated carbocycles. The second-order valence-electron chi connectivity index (χ2n) is 7.03. The van der Waals surface area contributed by atoms with E-state index in [2.05, 4.69) is 5.10 Å². The Kier molecular flexibility index (Phi) is 4.02. The number of fused-ring (bicyclic) bond motifs is 1. The van der Waals surface area contributed by atoms with Gasteiger partial charge < -0.3 is 9.84 Å². The van der Waals surface area contributed by atoms with E-state index in [0.717, 1.165) is 16.8 Å². The van der Waals surface area contributed by atoms with Crippen molar-refractivity contribution in [2.45, 2.75) is 32.8 Å². The molecular formula is C18H21N3O4. The van der Waals surface area contributed by atoms with Gasteiger partial charge in [0.05, 0.1) is 11.4 Å². The minimum absolute atomic E-state index is 0.00269. The molecule has 7 heteroatoms. The molecule has 0 fully saturated rings. The molecule has 3 rings (SSSR count). The second kappa shape index (κ2) is 5.91. The Morgan fingerprint density at radius 3 is 2.60 bits per heavy atom. The predicted molar refractivity (Wildman–Crippen MR) is 92.9 cm³/mol. The maximum Gasteiger partial charge on any atom is 0.414 e. The molecule has 0 aliphatic carbocycles. The van der Waals surface area contributed by atoms with Gasteiger partial charge in [-0.1, -0.05) is 12.1 Å². The minimum atomic E-state index is -1.06. The first-order chi connectivity index (χ1) is 11.7. The zero-order chi connectivity index (χ0) is 18.4. The van der Waals surface area contributed by atoms with Gasteiger partial charge in [-0.15, -0.1) is 0 Å². The van der Waals surface area contributed by atoms with Crippen LogP contribution in [0.25, 0.3) is 11.3 Å². The van der Waals surface area contributed by atoms with E-state index in [4.69, 9.17) is 9.84 Å². The summed E-state index contributed by atoms with van der Waals surface area (Å²) in [5.41, 5.74) is 2.82. The molecule has 7 nitrogen and oxygen atoms in total. The van der Waals surface area contributed by atoms with Crippen LogP contribution in [0.4, 0.5) is 10.5 Å². The molecular weight excluding hydrogens is 322 g/mol. The summed E-state index contributed by atoms with van der Waals surface area (Å²) in [7, 11) is 1.71. The van der Waals surface area contributed by atoms with E-state index in [1.807, 2.05) is 39.0 Å². The predicted octanol–water partition coefficient (Wildman–Crippen LogP) is 3.08. The Labute approximate surface area is 145 Å². The van der Waals surface area contributed by atoms with E-state index in [-0.39, 0.29) is 11.8 Å². The lowest BCUT2D eigenvalue weighted by Gasteiger charge is -2.24. The number of rotatable bonds is 2. The number of hydrogen-bond donors (Lipinski definition) is 1. The number of aromatic carboxylic acids is 1. The second-order valence-corrected chi connectivity index (χ2v) is 7.03. The monoisotopic (exact) mass is 343 g/mol. The van der Waals surface area contributed by atoms with Crippen molar-refractivity contribution in [2.75, 3.05) is 11.4 Å². The summed E-state index contributed by atoms with van der Waals surface area (Å²) in [6.07, 6.45) is 0.304. The molecule has 0 saturated heterocycles. The van der Waals surface area contributed by atoms with Crippen molar-refractivity contribution in [3.63, 3.8) is 0 Å². The van der Waals surface area contributed by atoms with Crippen molar-refractivity contribution in [1.29, 1.82) is 0 Å². The summed E-state index contributed by atoms with van der Waals surface area (Å²) in [5, 5.41) is 13.2. The third kappa shape index (κ3) is 3.22. The molecule has 132 valence electrons. The number of benzene rings is 1. The molecule has 2 heterocycles. The van der Waals surface area contributed by atoms with Crippen molar-refractivity contribution >= 4 is 17.7 Å². The minimum Gasteiger partial charge on any atom is -0.476 e. The van der Waals surface area contributed by atoms with Crippen LogP contribution in [0.15, 0.2) is 24.3 Å². The number of hydrogen-bond acceptors (Lipinski definition) is 4. The summed E-state index contributed by atoms with van der Waals surface area (Å²) in [6, 6.07) is 7.20. The molecule has 1 aliphatic rings. The first-order valence-electron chi connectivity index (χ1n) is 8.07. The summed E-state index contributed by atoms with van der Waals surface area (Å²) in [6.45, 7) is 6.04. The van der Waals surface area contributed by atoms with Gasteiger partial charge in [0.15, 0.2) is 5.69 Å². The van der Waals surface area contributed by atoms with Crippen molar-refractivity contribution in [1.82, 2.24) is 9.78 Å². The van der Waals surface area contributed by atoms with Gasteiger partial charge in [-0.05, 0) is 44.9 Å². The van der Waals surface area contributed by atoms with Crippen molar-refractivity contribution in [2.24, 2.45) is 7.05 Å². The highest BCUT2D eigenvalue weighted by atomic mass is 16.6. The van der Waals surface area contributed by atoms with Gasteiger partial charge in [0, 0.05) is 19.2 Å². The molecule has 1 aliphatic heterocycles. The fourth-order valence-electron chi connectivity index (χ4n) is 3.00. The fourth-order valence-corrected chi connectivity index (χ4v) is 3.00. The average Bonchev–Trinajstić information content (AvgIpc) is 3.08. The fraction of sp³-hybridized carbons (Fsp3) is 0.389. The van der Waals surface area contributed by atoms with Gasteiger partial charge in [0.25, 0.3) is 0 Å². The third-order valence-corrected chi connectivity index (χ3v) is 4.02. The SMILES string of the molecule is Cn1nc(C(=O)O)cc1-c1cccc2c1CCN2C(=O)OC(C)(C)C. The Morgan fingerprint density at radius 2 is 2.00 bits per heavy atom. The third-order valence-electron chi connectivity index (χ3n) is 4.02. The van der Waals surface area contributed by atoms with Crippen LogP contribution in [-0.2, 0) is 18.2 Å². The van der Waals surface area contributed by atoms with Crippen LogP contribution in [0, 0.1) is 0 Å². The van der Waals surface area contributed by atoms with Crippen molar-refractivity contribution in [3.8, 4) is 11.3 Å². The lowest BCUT2D eigenvalue weighted by atomic mass is 10.0. The number of anilines is 1. The zero-order valence-corrected chi connectivity index (χ0v) is 14.7. The number of carbonyl (C=O) groups is 2. The molecule has 1 aromatic heterocycles. The highest BCUT2D eigenvalue weighted by molar-refractivity contribution is 5.93. The van der Waals surface area contributed by atoms with E-state index in [1.54, 1.807) is 22.7 Å². The van der Waals surface area contributed by atoms with Crippen LogP contribution >= 0.6 is 0 Å². The molecule has 0 bridgehead atoms. The van der Waals surface area contributed by atoms with Crippen LogP contribution in [0.5, 0.6) is 0 Å². The molecule has 2 aromatic rings. The lowest BCUT2D eigenvalue weighted by Crippen LogP contribution is -2.35. The standard InChI is InChI=1S/C18H21N3O4/c1-18(2,3)25-17(24)21-9-8-12-11(6-5-7-14(12)21)15-10-13(16(22)23)19-20(15)4/h5-7,10H,8-9H2,1-4H3,(H,22,23). The largest absolute Gasteiger partial charge is 0.476 e. The summed E-state index contributed by atoms with van der Waals surface area (Å²) >= 11 is 0. The van der Waals surface area contributed by atoms with Gasteiger partial charge in [0.1, 0.15) is 5.60 Å². The molecule has 1 amide bonds. The lowest BCUT2D eigenvalue weighted by molar-refractivity contribution is 0.0583. The Balaban J connectivity index is 1.99. The first-order valence-corrected chi connectivity index (χ1v) is 8.07. The number of carboxylic acid groups (broad SMARTS) is 1. The van der Waals surface area contributed by atoms with Crippen LogP contribution in [0.3, 0.4) is 0 Å². The van der Waals surface area contributed by atoms with Gasteiger partial charge in [0.2, 0.25) is 0 Å². The van der Waals surface area contributed by atoms with Gasteiger partial charge in [-0.3, -0.25) is 9.58 Å². The summed E-state index contributed by atoms with van der Waals surface area (Å²) < 4.78 is 7.03. The smallest absolute Gasteiger partial charge is 0.414 e. The summed E-state index contributed by atoms with van der Waals surface area (Å²) in [5.74, 6) is -1.06. The number of aryl methyl sites for hydroxylation is 1. The molecule has 0 unspecified atom stereocenters. The maximum absolute atomic E-state index is 12.4. The van der Waals surface area contributed by atoms with E-state index in [0.29, 0.717) is 18.7 Å². The van der Waals surface area contributed by atoms with Gasteiger partial charge >= 0.3 is 12.1 Å². The molecule has 1 N–H and O–H groups in total. The quantitative estimate of drug-likeness (QED) is 0.906. The van der Waals surface area contributed by atoms with Crippen molar-refractivity contribution < 1.29 is 19.4 Å². The average molecular weight is 343 g/mol. The maximum atomic E-state index is 12.4. The number of carboxylic acids is 1. The number of aromatic nitrogens is 2. The van der Waals surface area contributed by atoms with Crippen LogP contribution < -0.4 is 4.90 Å². The topological polar surface area (TPSA) is 84.7 Å². The van der Waals surface area contributed by atoms with Crippen molar-refractivity contribution in [3.05, 3.63) is 35.5 Å². The van der Waals surface area contributed by atoms with E-state index < -0.39 is 11.6 Å². The van der Waals surface area contributed by atoms with Gasteiger partial charge in [-0.2, -0.15) is 5.10 Å². The first kappa shape index (κ1) is 17.0. The van der Waals surface area contributed by atoms with E-state index in [1.165, 1.54) is 0 Å². The molecule has 25 heavy (non-hydrogen) atoms. The Hall–Kier alpha value is -2.83. The molecule has 0 radical (unpaired) electrons. The Bertz CT molecular complexity index is 848. The molecule has 0 atom stereocenters. The van der Waals surface area contributed by atoms with Crippen LogP contribution in [-0.4, -0.2) is 39.1 Å². The normalized spacial score (nSPS) is 13.7. The van der Waals surface area contributed by atoms with Gasteiger partial charge in [-0.25, -0.2) is 9.59 Å². The number of ether oxygens (including phenoxy) is 1. The number of amides is 1. The number of nitrogens with zero attached hydrogens (tertiary/aromatic N) is 3. The summed E-state index contributed by atoms with van der Waals surface area (Å²) in [4.78, 5) is 25.2. The highest BCUT2D eigenvalue weighted by Crippen LogP contribution is 2.37. The van der Waals surface area contributed by atoms with E-state index in [9.17, 15) is 9.59 Å². The number of carbonyl (C=O) groups excluding carboxylic acids is 1. The van der Waals surface area contributed by atoms with Crippen LogP contribution in [0.1, 0.15) is 36.8 Å².